The van der Waals surface area contributed by atoms with Crippen LogP contribution in [0.15, 0.2) is 52.5 Å². The smallest absolute Gasteiger partial charge is 0.257 e. The van der Waals surface area contributed by atoms with Gasteiger partial charge in [0.1, 0.15) is 0 Å². The number of aryl methyl sites for hydroxylation is 1. The van der Waals surface area contributed by atoms with Gasteiger partial charge in [0.25, 0.3) is 5.91 Å². The van der Waals surface area contributed by atoms with Crippen molar-refractivity contribution in [2.24, 2.45) is 11.0 Å². The number of nitrogens with one attached hydrogen (secondary N) is 2. The van der Waals surface area contributed by atoms with Crippen LogP contribution >= 0.6 is 0 Å². The standard InChI is InChI=1S/C25H32N4O6S/c1-4-26-24(30)17-35-22-12-9-19(14-23(22)34-3)15-27-28-25(31)20-6-5-13-29(16-20)36(32,33)21-10-7-18(2)8-11-21/h7-12,14-15,20H,4-6,13,16-17H2,1-3H3,(H,26,30)(H,28,31)/b27-15+. The fourth-order valence-electron chi connectivity index (χ4n) is 3.77. The number of methoxy groups -OCH3 is 1. The molecular weight excluding hydrogens is 484 g/mol. The van der Waals surface area contributed by atoms with E-state index in [1.165, 1.54) is 17.6 Å². The number of carbonyl (C=O) groups excluding carboxylic acids is 2. The molecule has 1 atom stereocenters. The van der Waals surface area contributed by atoms with E-state index in [0.29, 0.717) is 43.0 Å². The summed E-state index contributed by atoms with van der Waals surface area (Å²) in [6.07, 6.45) is 2.62. The second-order valence-electron chi connectivity index (χ2n) is 8.40. The van der Waals surface area contributed by atoms with Crippen molar-refractivity contribution < 1.29 is 27.5 Å². The number of likely N-dealkylation sites (N-methyl/N-ethyl adjacent to an activating group) is 1. The monoisotopic (exact) mass is 516 g/mol. The van der Waals surface area contributed by atoms with Crippen molar-refractivity contribution in [3.63, 3.8) is 0 Å². The van der Waals surface area contributed by atoms with Gasteiger partial charge in [-0.1, -0.05) is 17.7 Å². The minimum absolute atomic E-state index is 0.100. The Kier molecular flexibility index (Phi) is 9.43. The first-order chi connectivity index (χ1) is 17.2. The maximum atomic E-state index is 13.0. The minimum Gasteiger partial charge on any atom is -0.493 e. The molecule has 0 aliphatic carbocycles. The van der Waals surface area contributed by atoms with Gasteiger partial charge in [-0.25, -0.2) is 13.8 Å². The highest BCUT2D eigenvalue weighted by Gasteiger charge is 2.33. The van der Waals surface area contributed by atoms with Crippen LogP contribution in [0, 0.1) is 12.8 Å². The molecule has 11 heteroatoms. The van der Waals surface area contributed by atoms with Crippen LogP contribution in [0.3, 0.4) is 0 Å². The summed E-state index contributed by atoms with van der Waals surface area (Å²) in [4.78, 5) is 24.5. The van der Waals surface area contributed by atoms with Crippen molar-refractivity contribution in [3.8, 4) is 11.5 Å². The highest BCUT2D eigenvalue weighted by molar-refractivity contribution is 7.89. The molecule has 1 aliphatic heterocycles. The first-order valence-corrected chi connectivity index (χ1v) is 13.2. The molecule has 1 unspecified atom stereocenters. The van der Waals surface area contributed by atoms with Crippen molar-refractivity contribution >= 4 is 28.1 Å². The number of sulfonamides is 1. The quantitative estimate of drug-likeness (QED) is 0.368. The van der Waals surface area contributed by atoms with Crippen LogP contribution < -0.4 is 20.2 Å². The van der Waals surface area contributed by atoms with E-state index in [9.17, 15) is 18.0 Å². The second kappa shape index (κ2) is 12.5. The summed E-state index contributed by atoms with van der Waals surface area (Å²) in [5, 5.41) is 6.67. The molecule has 1 aliphatic rings. The molecular formula is C25H32N4O6S. The molecule has 0 saturated carbocycles. The molecule has 2 N–H and O–H groups in total. The molecule has 0 bridgehead atoms. The van der Waals surface area contributed by atoms with E-state index >= 15 is 0 Å². The largest absolute Gasteiger partial charge is 0.493 e. The van der Waals surface area contributed by atoms with Crippen molar-refractivity contribution in [2.45, 2.75) is 31.6 Å². The van der Waals surface area contributed by atoms with Gasteiger partial charge in [0.15, 0.2) is 18.1 Å². The van der Waals surface area contributed by atoms with Gasteiger partial charge >= 0.3 is 0 Å². The number of nitrogens with zero attached hydrogens (tertiary/aromatic N) is 2. The van der Waals surface area contributed by atoms with Gasteiger partial charge in [0, 0.05) is 19.6 Å². The molecule has 1 saturated heterocycles. The lowest BCUT2D eigenvalue weighted by Gasteiger charge is -2.30. The lowest BCUT2D eigenvalue weighted by Crippen LogP contribution is -2.44. The summed E-state index contributed by atoms with van der Waals surface area (Å²) < 4.78 is 38.2. The third-order valence-electron chi connectivity index (χ3n) is 5.72. The van der Waals surface area contributed by atoms with Crippen LogP contribution in [-0.2, 0) is 19.6 Å². The number of piperidine rings is 1. The van der Waals surface area contributed by atoms with Crippen LogP contribution in [0.1, 0.15) is 30.9 Å². The third kappa shape index (κ3) is 7.05. The lowest BCUT2D eigenvalue weighted by atomic mass is 9.99. The molecule has 2 aromatic carbocycles. The first kappa shape index (κ1) is 27.2. The van der Waals surface area contributed by atoms with Crippen LogP contribution in [0.2, 0.25) is 0 Å². The second-order valence-corrected chi connectivity index (χ2v) is 10.3. The fraction of sp³-hybridized carbons (Fsp3) is 0.400. The minimum atomic E-state index is -3.67. The van der Waals surface area contributed by atoms with Gasteiger partial charge in [0.05, 0.1) is 24.1 Å². The van der Waals surface area contributed by atoms with E-state index < -0.39 is 15.9 Å². The summed E-state index contributed by atoms with van der Waals surface area (Å²) in [6, 6.07) is 11.7. The van der Waals surface area contributed by atoms with Crippen molar-refractivity contribution in [1.29, 1.82) is 0 Å². The van der Waals surface area contributed by atoms with Crippen LogP contribution in [-0.4, -0.2) is 64.1 Å². The maximum Gasteiger partial charge on any atom is 0.257 e. The van der Waals surface area contributed by atoms with E-state index in [-0.39, 0.29) is 29.9 Å². The molecule has 1 fully saturated rings. The Morgan fingerprint density at radius 1 is 1.17 bits per heavy atom. The zero-order valence-electron chi connectivity index (χ0n) is 20.7. The molecule has 0 aromatic heterocycles. The third-order valence-corrected chi connectivity index (χ3v) is 7.60. The molecule has 3 rings (SSSR count). The number of rotatable bonds is 10. The molecule has 0 spiro atoms. The Bertz CT molecular complexity index is 1200. The number of hydrogen-bond acceptors (Lipinski definition) is 7. The topological polar surface area (TPSA) is 126 Å². The number of benzene rings is 2. The summed E-state index contributed by atoms with van der Waals surface area (Å²) in [7, 11) is -2.19. The predicted octanol–water partition coefficient (Wildman–Crippen LogP) is 2.07. The van der Waals surface area contributed by atoms with Crippen molar-refractivity contribution in [1.82, 2.24) is 15.0 Å². The number of carbonyl (C=O) groups is 2. The van der Waals surface area contributed by atoms with Gasteiger partial charge < -0.3 is 14.8 Å². The first-order valence-electron chi connectivity index (χ1n) is 11.7. The molecule has 10 nitrogen and oxygen atoms in total. The zero-order valence-corrected chi connectivity index (χ0v) is 21.5. The molecule has 2 amide bonds. The normalized spacial score (nSPS) is 16.5. The summed E-state index contributed by atoms with van der Waals surface area (Å²) in [5.41, 5.74) is 4.13. The van der Waals surface area contributed by atoms with Crippen molar-refractivity contribution in [3.05, 3.63) is 53.6 Å². The fourth-order valence-corrected chi connectivity index (χ4v) is 5.29. The molecule has 36 heavy (non-hydrogen) atoms. The van der Waals surface area contributed by atoms with Crippen LogP contribution in [0.5, 0.6) is 11.5 Å². The van der Waals surface area contributed by atoms with E-state index in [2.05, 4.69) is 15.8 Å². The Balaban J connectivity index is 1.58. The zero-order chi connectivity index (χ0) is 26.1. The average Bonchev–Trinajstić information content (AvgIpc) is 2.88. The van der Waals surface area contributed by atoms with E-state index in [0.717, 1.165) is 5.56 Å². The molecule has 2 aromatic rings. The van der Waals surface area contributed by atoms with Gasteiger partial charge in [-0.3, -0.25) is 9.59 Å². The van der Waals surface area contributed by atoms with Gasteiger partial charge in [-0.05, 0) is 62.6 Å². The lowest BCUT2D eigenvalue weighted by molar-refractivity contribution is -0.126. The number of hydrogen-bond donors (Lipinski definition) is 2. The van der Waals surface area contributed by atoms with Gasteiger partial charge in [-0.2, -0.15) is 9.41 Å². The Morgan fingerprint density at radius 3 is 2.61 bits per heavy atom. The number of hydrazone groups is 1. The predicted molar refractivity (Wildman–Crippen MR) is 136 cm³/mol. The summed E-state index contributed by atoms with van der Waals surface area (Å²) in [6.45, 7) is 4.57. The number of amides is 2. The Labute approximate surface area is 211 Å². The summed E-state index contributed by atoms with van der Waals surface area (Å²) in [5.74, 6) is -0.263. The average molecular weight is 517 g/mol. The van der Waals surface area contributed by atoms with Crippen LogP contribution in [0.25, 0.3) is 0 Å². The van der Waals surface area contributed by atoms with Gasteiger partial charge in [0.2, 0.25) is 15.9 Å². The highest BCUT2D eigenvalue weighted by Crippen LogP contribution is 2.28. The molecule has 194 valence electrons. The highest BCUT2D eigenvalue weighted by atomic mass is 32.2. The Morgan fingerprint density at radius 2 is 1.92 bits per heavy atom. The summed E-state index contributed by atoms with van der Waals surface area (Å²) >= 11 is 0. The van der Waals surface area contributed by atoms with Crippen LogP contribution in [0.4, 0.5) is 0 Å². The SMILES string of the molecule is CCNC(=O)COc1ccc(/C=N/NC(=O)C2CCCN(S(=O)(=O)c3ccc(C)cc3)C2)cc1OC. The van der Waals surface area contributed by atoms with Gasteiger partial charge in [-0.15, -0.1) is 0 Å². The molecule has 1 heterocycles. The number of ether oxygens (including phenoxy) is 2. The van der Waals surface area contributed by atoms with E-state index in [4.69, 9.17) is 9.47 Å². The van der Waals surface area contributed by atoms with Crippen molar-refractivity contribution in [2.75, 3.05) is 33.4 Å². The molecule has 0 radical (unpaired) electrons. The van der Waals surface area contributed by atoms with E-state index in [1.54, 1.807) is 42.5 Å². The van der Waals surface area contributed by atoms with E-state index in [1.807, 2.05) is 13.8 Å². The maximum absolute atomic E-state index is 13.0. The Hall–Kier alpha value is -3.44.